The summed E-state index contributed by atoms with van der Waals surface area (Å²) in [5, 5.41) is 7.61. The van der Waals surface area contributed by atoms with Gasteiger partial charge < -0.3 is 9.88 Å². The summed E-state index contributed by atoms with van der Waals surface area (Å²) in [5.74, 6) is 0.926. The van der Waals surface area contributed by atoms with Gasteiger partial charge in [0, 0.05) is 26.0 Å². The normalized spacial score (nSPS) is 12.0. The molecule has 0 saturated carbocycles. The number of nitrogens with one attached hydrogen (secondary N) is 1. The predicted molar refractivity (Wildman–Crippen MR) is 80.6 cm³/mol. The van der Waals surface area contributed by atoms with Crippen LogP contribution in [0.1, 0.15) is 6.92 Å². The monoisotopic (exact) mass is 321 g/mol. The lowest BCUT2D eigenvalue weighted by Crippen LogP contribution is -2.08. The average molecular weight is 321 g/mol. The van der Waals surface area contributed by atoms with E-state index in [1.807, 2.05) is 14.0 Å². The fraction of sp³-hybridized carbons (Fsp3) is 0.333. The van der Waals surface area contributed by atoms with Crippen LogP contribution < -0.4 is 5.32 Å². The molecule has 0 saturated heterocycles. The lowest BCUT2D eigenvalue weighted by molar-refractivity contribution is 0.592. The van der Waals surface area contributed by atoms with Crippen molar-refractivity contribution in [3.63, 3.8) is 0 Å². The average Bonchev–Trinajstić information content (AvgIpc) is 3.03. The SMILES string of the molecule is CCn1ncc2c(Nc3cn(C)cn3)nc(S(C)(=O)=O)nc21. The van der Waals surface area contributed by atoms with E-state index in [1.165, 1.54) is 0 Å². The van der Waals surface area contributed by atoms with Crippen molar-refractivity contribution in [1.29, 1.82) is 0 Å². The molecule has 0 aromatic carbocycles. The van der Waals surface area contributed by atoms with Gasteiger partial charge in [0.25, 0.3) is 5.16 Å². The van der Waals surface area contributed by atoms with Gasteiger partial charge in [-0.1, -0.05) is 0 Å². The second kappa shape index (κ2) is 5.05. The molecule has 1 N–H and O–H groups in total. The lowest BCUT2D eigenvalue weighted by Gasteiger charge is -2.06. The summed E-state index contributed by atoms with van der Waals surface area (Å²) in [6.45, 7) is 2.48. The maximum absolute atomic E-state index is 11.8. The van der Waals surface area contributed by atoms with Crippen LogP contribution in [-0.4, -0.2) is 44.0 Å². The van der Waals surface area contributed by atoms with Crippen LogP contribution in [0, 0.1) is 0 Å². The van der Waals surface area contributed by atoms with Gasteiger partial charge in [-0.15, -0.1) is 0 Å². The molecule has 22 heavy (non-hydrogen) atoms. The summed E-state index contributed by atoms with van der Waals surface area (Å²) >= 11 is 0. The van der Waals surface area contributed by atoms with E-state index in [1.54, 1.807) is 28.0 Å². The van der Waals surface area contributed by atoms with Crippen LogP contribution in [0.25, 0.3) is 11.0 Å². The Bertz CT molecular complexity index is 942. The molecule has 0 atom stereocenters. The van der Waals surface area contributed by atoms with Crippen molar-refractivity contribution in [2.45, 2.75) is 18.6 Å². The number of hydrogen-bond donors (Lipinski definition) is 1. The molecule has 0 aliphatic heterocycles. The quantitative estimate of drug-likeness (QED) is 0.706. The molecule has 0 aliphatic rings. The van der Waals surface area contributed by atoms with Crippen molar-refractivity contribution >= 4 is 32.5 Å². The van der Waals surface area contributed by atoms with Crippen molar-refractivity contribution in [2.75, 3.05) is 11.6 Å². The second-order valence-corrected chi connectivity index (χ2v) is 6.78. The van der Waals surface area contributed by atoms with Crippen molar-refractivity contribution in [3.05, 3.63) is 18.7 Å². The minimum absolute atomic E-state index is 0.242. The van der Waals surface area contributed by atoms with E-state index >= 15 is 0 Å². The molecule has 0 bridgehead atoms. The van der Waals surface area contributed by atoms with Gasteiger partial charge in [-0.2, -0.15) is 15.1 Å². The number of aromatic nitrogens is 6. The first-order valence-electron chi connectivity index (χ1n) is 6.57. The highest BCUT2D eigenvalue weighted by Crippen LogP contribution is 2.24. The Morgan fingerprint density at radius 1 is 1.32 bits per heavy atom. The molecule has 9 nitrogen and oxygen atoms in total. The number of nitrogens with zero attached hydrogens (tertiary/aromatic N) is 6. The topological polar surface area (TPSA) is 108 Å². The Labute approximate surface area is 126 Å². The fourth-order valence-corrected chi connectivity index (χ4v) is 2.54. The molecule has 3 rings (SSSR count). The molecule has 3 aromatic rings. The highest BCUT2D eigenvalue weighted by molar-refractivity contribution is 7.90. The van der Waals surface area contributed by atoms with Gasteiger partial charge in [0.2, 0.25) is 9.84 Å². The number of rotatable bonds is 4. The number of fused-ring (bicyclic) bond motifs is 1. The van der Waals surface area contributed by atoms with Crippen LogP contribution in [-0.2, 0) is 23.4 Å². The van der Waals surface area contributed by atoms with E-state index < -0.39 is 9.84 Å². The summed E-state index contributed by atoms with van der Waals surface area (Å²) in [5.41, 5.74) is 0.469. The molecule has 10 heteroatoms. The Kier molecular flexibility index (Phi) is 3.32. The Morgan fingerprint density at radius 3 is 2.68 bits per heavy atom. The molecule has 3 heterocycles. The van der Waals surface area contributed by atoms with Crippen molar-refractivity contribution in [1.82, 2.24) is 29.3 Å². The van der Waals surface area contributed by atoms with E-state index in [2.05, 4.69) is 25.4 Å². The Balaban J connectivity index is 2.20. The molecule has 0 aliphatic carbocycles. The number of aryl methyl sites for hydroxylation is 2. The summed E-state index contributed by atoms with van der Waals surface area (Å²) in [4.78, 5) is 12.4. The number of anilines is 2. The van der Waals surface area contributed by atoms with Gasteiger partial charge in [0.05, 0.1) is 17.9 Å². The van der Waals surface area contributed by atoms with Crippen molar-refractivity contribution in [3.8, 4) is 0 Å². The first-order chi connectivity index (χ1) is 10.4. The summed E-state index contributed by atoms with van der Waals surface area (Å²) in [6, 6.07) is 0. The van der Waals surface area contributed by atoms with Gasteiger partial charge >= 0.3 is 0 Å². The zero-order valence-electron chi connectivity index (χ0n) is 12.3. The molecule has 3 aromatic heterocycles. The predicted octanol–water partition coefficient (Wildman–Crippen LogP) is 0.727. The third-order valence-corrected chi connectivity index (χ3v) is 3.90. The largest absolute Gasteiger partial charge is 0.338 e. The zero-order valence-corrected chi connectivity index (χ0v) is 13.2. The first kappa shape index (κ1) is 14.4. The molecular weight excluding hydrogens is 306 g/mol. The standard InChI is InChI=1S/C12H15N7O2S/c1-4-19-11-8(5-14-19)10(15-9-6-18(2)7-13-9)16-12(17-11)22(3,20)21/h5-7H,4H2,1-3H3,(H,15,16,17). The van der Waals surface area contributed by atoms with Crippen LogP contribution in [0.3, 0.4) is 0 Å². The van der Waals surface area contributed by atoms with Crippen LogP contribution in [0.2, 0.25) is 0 Å². The van der Waals surface area contributed by atoms with Crippen LogP contribution in [0.4, 0.5) is 11.6 Å². The lowest BCUT2D eigenvalue weighted by atomic mass is 10.4. The van der Waals surface area contributed by atoms with Crippen LogP contribution in [0.5, 0.6) is 0 Å². The summed E-state index contributed by atoms with van der Waals surface area (Å²) < 4.78 is 27.0. The van der Waals surface area contributed by atoms with E-state index in [0.29, 0.717) is 29.2 Å². The maximum atomic E-state index is 11.8. The summed E-state index contributed by atoms with van der Waals surface area (Å²) in [7, 11) is -1.70. The molecule has 0 radical (unpaired) electrons. The Morgan fingerprint density at radius 2 is 2.09 bits per heavy atom. The molecule has 0 spiro atoms. The minimum Gasteiger partial charge on any atom is -0.338 e. The number of imidazole rings is 1. The molecular formula is C12H15N7O2S. The van der Waals surface area contributed by atoms with Gasteiger partial charge in [0.1, 0.15) is 11.6 Å². The maximum Gasteiger partial charge on any atom is 0.250 e. The number of sulfone groups is 1. The van der Waals surface area contributed by atoms with E-state index in [-0.39, 0.29) is 5.16 Å². The van der Waals surface area contributed by atoms with Gasteiger partial charge in [-0.25, -0.2) is 18.1 Å². The zero-order chi connectivity index (χ0) is 15.9. The first-order valence-corrected chi connectivity index (χ1v) is 8.46. The molecule has 116 valence electrons. The third kappa shape index (κ3) is 2.52. The molecule has 0 unspecified atom stereocenters. The molecule has 0 amide bonds. The van der Waals surface area contributed by atoms with Gasteiger partial charge in [0.15, 0.2) is 5.65 Å². The second-order valence-electron chi connectivity index (χ2n) is 4.87. The van der Waals surface area contributed by atoms with Crippen LogP contribution in [0.15, 0.2) is 23.9 Å². The van der Waals surface area contributed by atoms with Gasteiger partial charge in [-0.3, -0.25) is 0 Å². The highest BCUT2D eigenvalue weighted by atomic mass is 32.2. The Hall–Kier alpha value is -2.49. The molecule has 0 fully saturated rings. The van der Waals surface area contributed by atoms with E-state index in [4.69, 9.17) is 0 Å². The minimum atomic E-state index is -3.54. The number of hydrogen-bond acceptors (Lipinski definition) is 7. The van der Waals surface area contributed by atoms with E-state index in [0.717, 1.165) is 6.26 Å². The highest BCUT2D eigenvalue weighted by Gasteiger charge is 2.18. The van der Waals surface area contributed by atoms with Crippen LogP contribution >= 0.6 is 0 Å². The van der Waals surface area contributed by atoms with Gasteiger partial charge in [-0.05, 0) is 6.92 Å². The smallest absolute Gasteiger partial charge is 0.250 e. The van der Waals surface area contributed by atoms with E-state index in [9.17, 15) is 8.42 Å². The third-order valence-electron chi connectivity index (χ3n) is 3.06. The van der Waals surface area contributed by atoms with Crippen molar-refractivity contribution < 1.29 is 8.42 Å². The summed E-state index contributed by atoms with van der Waals surface area (Å²) in [6.07, 6.45) is 6.08. The van der Waals surface area contributed by atoms with Crippen molar-refractivity contribution in [2.24, 2.45) is 7.05 Å². The fourth-order valence-electron chi connectivity index (χ4n) is 2.03.